The van der Waals surface area contributed by atoms with E-state index in [9.17, 15) is 4.79 Å². The topological polar surface area (TPSA) is 50.1 Å². The zero-order chi connectivity index (χ0) is 13.7. The van der Waals surface area contributed by atoms with Crippen molar-refractivity contribution in [1.82, 2.24) is 0 Å². The summed E-state index contributed by atoms with van der Waals surface area (Å²) in [5.41, 5.74) is 1.72. The van der Waals surface area contributed by atoms with Crippen molar-refractivity contribution in [3.05, 3.63) is 70.2 Å². The zero-order valence-corrected chi connectivity index (χ0v) is 10.7. The second-order valence-corrected chi connectivity index (χ2v) is 4.34. The number of rotatable bonds is 3. The first-order valence-electron chi connectivity index (χ1n) is 5.61. The fourth-order valence-corrected chi connectivity index (χ4v) is 1.77. The Balaban J connectivity index is 2.02. The van der Waals surface area contributed by atoms with Gasteiger partial charge in [0.05, 0.1) is 17.2 Å². The first-order valence-corrected chi connectivity index (χ1v) is 5.98. The Hall–Kier alpha value is -2.31. The van der Waals surface area contributed by atoms with Gasteiger partial charge in [0.15, 0.2) is 0 Å². The van der Waals surface area contributed by atoms with Crippen LogP contribution in [0.25, 0.3) is 0 Å². The van der Waals surface area contributed by atoms with E-state index in [1.54, 1.807) is 48.5 Å². The number of nitrogens with zero attached hydrogens (tertiary/aromatic N) is 1. The summed E-state index contributed by atoms with van der Waals surface area (Å²) in [5.74, 6) is -0.440. The van der Waals surface area contributed by atoms with Crippen molar-refractivity contribution in [3.8, 4) is 6.07 Å². The van der Waals surface area contributed by atoms with E-state index in [0.29, 0.717) is 16.1 Å². The van der Waals surface area contributed by atoms with Crippen molar-refractivity contribution in [2.45, 2.75) is 6.61 Å². The van der Waals surface area contributed by atoms with Crippen molar-refractivity contribution in [1.29, 1.82) is 5.26 Å². The molecule has 0 N–H and O–H groups in total. The third-order valence-corrected chi connectivity index (χ3v) is 2.72. The molecule has 3 nitrogen and oxygen atoms in total. The molecule has 0 atom stereocenters. The van der Waals surface area contributed by atoms with E-state index in [-0.39, 0.29) is 6.61 Å². The molecule has 0 amide bonds. The average Bonchev–Trinajstić information content (AvgIpc) is 2.45. The lowest BCUT2D eigenvalue weighted by molar-refractivity contribution is 0.0472. The SMILES string of the molecule is N#Cc1cccc(COC(=O)c2cccc(Cl)c2)c1. The molecule has 0 aliphatic rings. The number of hydrogen-bond acceptors (Lipinski definition) is 3. The summed E-state index contributed by atoms with van der Waals surface area (Å²) < 4.78 is 5.16. The van der Waals surface area contributed by atoms with Gasteiger partial charge >= 0.3 is 5.97 Å². The van der Waals surface area contributed by atoms with Gasteiger partial charge in [0, 0.05) is 5.02 Å². The molecule has 0 aliphatic heterocycles. The first-order chi connectivity index (χ1) is 9.19. The van der Waals surface area contributed by atoms with Crippen LogP contribution >= 0.6 is 11.6 Å². The standard InChI is InChI=1S/C15H10ClNO2/c16-14-6-2-5-13(8-14)15(18)19-10-12-4-1-3-11(7-12)9-17/h1-8H,10H2. The van der Waals surface area contributed by atoms with Crippen molar-refractivity contribution < 1.29 is 9.53 Å². The number of carbonyl (C=O) groups excluding carboxylic acids is 1. The van der Waals surface area contributed by atoms with Gasteiger partial charge in [-0.25, -0.2) is 4.79 Å². The molecule has 0 unspecified atom stereocenters. The third kappa shape index (κ3) is 3.57. The summed E-state index contributed by atoms with van der Waals surface area (Å²) in [6, 6.07) is 15.5. The Kier molecular flexibility index (Phi) is 4.17. The maximum atomic E-state index is 11.8. The average molecular weight is 272 g/mol. The zero-order valence-electron chi connectivity index (χ0n) is 9.97. The summed E-state index contributed by atoms with van der Waals surface area (Å²) >= 11 is 5.80. The van der Waals surface area contributed by atoms with Crippen LogP contribution in [0.15, 0.2) is 48.5 Å². The number of ether oxygens (including phenoxy) is 1. The lowest BCUT2D eigenvalue weighted by atomic mass is 10.1. The number of benzene rings is 2. The first kappa shape index (κ1) is 13.1. The van der Waals surface area contributed by atoms with Crippen molar-refractivity contribution in [2.75, 3.05) is 0 Å². The van der Waals surface area contributed by atoms with Crippen molar-refractivity contribution >= 4 is 17.6 Å². The van der Waals surface area contributed by atoms with Crippen LogP contribution in [0.5, 0.6) is 0 Å². The van der Waals surface area contributed by atoms with Crippen LogP contribution < -0.4 is 0 Å². The summed E-state index contributed by atoms with van der Waals surface area (Å²) in [6.45, 7) is 0.126. The number of halogens is 1. The molecule has 4 heteroatoms. The quantitative estimate of drug-likeness (QED) is 0.802. The lowest BCUT2D eigenvalue weighted by Crippen LogP contribution is -2.05. The minimum atomic E-state index is -0.440. The summed E-state index contributed by atoms with van der Waals surface area (Å²) in [6.07, 6.45) is 0. The van der Waals surface area contributed by atoms with E-state index in [1.165, 1.54) is 0 Å². The van der Waals surface area contributed by atoms with Crippen LogP contribution in [-0.2, 0) is 11.3 Å². The molecule has 0 radical (unpaired) electrons. The second-order valence-electron chi connectivity index (χ2n) is 3.90. The van der Waals surface area contributed by atoms with E-state index in [1.807, 2.05) is 6.07 Å². The van der Waals surface area contributed by atoms with E-state index >= 15 is 0 Å². The largest absolute Gasteiger partial charge is 0.457 e. The highest BCUT2D eigenvalue weighted by molar-refractivity contribution is 6.30. The highest BCUT2D eigenvalue weighted by atomic mass is 35.5. The Morgan fingerprint density at radius 1 is 1.21 bits per heavy atom. The molecule has 0 bridgehead atoms. The second kappa shape index (κ2) is 6.03. The van der Waals surface area contributed by atoms with Crippen LogP contribution in [0.2, 0.25) is 5.02 Å². The van der Waals surface area contributed by atoms with Gasteiger partial charge in [-0.2, -0.15) is 5.26 Å². The van der Waals surface area contributed by atoms with Gasteiger partial charge < -0.3 is 4.74 Å². The lowest BCUT2D eigenvalue weighted by Gasteiger charge is -2.05. The van der Waals surface area contributed by atoms with Gasteiger partial charge in [-0.1, -0.05) is 29.8 Å². The Bertz CT molecular complexity index is 647. The van der Waals surface area contributed by atoms with E-state index < -0.39 is 5.97 Å². The molecule has 0 aliphatic carbocycles. The predicted molar refractivity (Wildman–Crippen MR) is 71.7 cm³/mol. The van der Waals surface area contributed by atoms with Crippen LogP contribution in [0.3, 0.4) is 0 Å². The normalized spacial score (nSPS) is 9.68. The van der Waals surface area contributed by atoms with Crippen molar-refractivity contribution in [2.24, 2.45) is 0 Å². The van der Waals surface area contributed by atoms with E-state index in [0.717, 1.165) is 5.56 Å². The fraction of sp³-hybridized carbons (Fsp3) is 0.0667. The molecule has 19 heavy (non-hydrogen) atoms. The molecule has 2 aromatic carbocycles. The minimum Gasteiger partial charge on any atom is -0.457 e. The van der Waals surface area contributed by atoms with Crippen LogP contribution in [0, 0.1) is 11.3 Å². The van der Waals surface area contributed by atoms with Gasteiger partial charge in [-0.15, -0.1) is 0 Å². The molecule has 0 saturated carbocycles. The Morgan fingerprint density at radius 2 is 2.00 bits per heavy atom. The van der Waals surface area contributed by atoms with Crippen molar-refractivity contribution in [3.63, 3.8) is 0 Å². The highest BCUT2D eigenvalue weighted by Crippen LogP contribution is 2.13. The smallest absolute Gasteiger partial charge is 0.338 e. The number of hydrogen-bond donors (Lipinski definition) is 0. The summed E-state index contributed by atoms with van der Waals surface area (Å²) in [4.78, 5) is 11.8. The number of carbonyl (C=O) groups is 1. The monoisotopic (exact) mass is 271 g/mol. The molecule has 2 rings (SSSR count). The Labute approximate surface area is 116 Å². The van der Waals surface area contributed by atoms with Crippen LogP contribution in [0.4, 0.5) is 0 Å². The van der Waals surface area contributed by atoms with Crippen LogP contribution in [-0.4, -0.2) is 5.97 Å². The molecule has 0 spiro atoms. The minimum absolute atomic E-state index is 0.126. The maximum Gasteiger partial charge on any atom is 0.338 e. The van der Waals surface area contributed by atoms with Gasteiger partial charge in [0.25, 0.3) is 0 Å². The molecule has 94 valence electrons. The fourth-order valence-electron chi connectivity index (χ4n) is 1.58. The van der Waals surface area contributed by atoms with Gasteiger partial charge in [-0.3, -0.25) is 0 Å². The molecule has 0 fully saturated rings. The molecule has 0 heterocycles. The van der Waals surface area contributed by atoms with Gasteiger partial charge in [0.1, 0.15) is 6.61 Å². The van der Waals surface area contributed by atoms with Gasteiger partial charge in [-0.05, 0) is 35.9 Å². The molecule has 2 aromatic rings. The predicted octanol–water partition coefficient (Wildman–Crippen LogP) is 3.57. The molecular formula is C15H10ClNO2. The van der Waals surface area contributed by atoms with E-state index in [2.05, 4.69) is 0 Å². The number of nitriles is 1. The van der Waals surface area contributed by atoms with E-state index in [4.69, 9.17) is 21.6 Å². The summed E-state index contributed by atoms with van der Waals surface area (Å²) in [7, 11) is 0. The molecule has 0 aromatic heterocycles. The maximum absolute atomic E-state index is 11.8. The van der Waals surface area contributed by atoms with Crippen LogP contribution in [0.1, 0.15) is 21.5 Å². The molecule has 0 saturated heterocycles. The summed E-state index contributed by atoms with van der Waals surface area (Å²) in [5, 5.41) is 9.26. The Morgan fingerprint density at radius 3 is 2.74 bits per heavy atom. The number of esters is 1. The third-order valence-electron chi connectivity index (χ3n) is 2.49. The highest BCUT2D eigenvalue weighted by Gasteiger charge is 2.07. The van der Waals surface area contributed by atoms with Gasteiger partial charge in [0.2, 0.25) is 0 Å². The molecular weight excluding hydrogens is 262 g/mol.